The van der Waals surface area contributed by atoms with Crippen LogP contribution in [0.15, 0.2) is 68.8 Å². The van der Waals surface area contributed by atoms with Crippen LogP contribution in [0.25, 0.3) is 43.9 Å². The predicted molar refractivity (Wildman–Crippen MR) is 357 cm³/mol. The number of ether oxygens (including phenoxy) is 7. The molecule has 2 heterocycles. The summed E-state index contributed by atoms with van der Waals surface area (Å²) in [5, 5.41) is 30.9. The number of unbranched alkanes of at least 4 members (excludes halogenated alkanes) is 1. The number of nitrogens with one attached hydrogen (secondary N) is 6. The normalized spacial score (nSPS) is 16.2. The summed E-state index contributed by atoms with van der Waals surface area (Å²) in [6, 6.07) is 12.2. The molecule has 2 aromatic rings. The van der Waals surface area contributed by atoms with Gasteiger partial charge in [0.05, 0.1) is 69.8 Å². The molecule has 40 heteroatoms. The summed E-state index contributed by atoms with van der Waals surface area (Å²) in [4.78, 5) is 118. The zero-order valence-corrected chi connectivity index (χ0v) is 58.5. The number of benzene rings is 3. The molecular weight excluding hydrogens is 1390 g/mol. The van der Waals surface area contributed by atoms with Gasteiger partial charge in [-0.2, -0.15) is 8.62 Å². The van der Waals surface area contributed by atoms with E-state index in [0.717, 1.165) is 28.4 Å². The Labute approximate surface area is 570 Å². The number of alkyl carbamates (subject to hydrolysis) is 2. The van der Waals surface area contributed by atoms with Gasteiger partial charge in [0.1, 0.15) is 41.9 Å². The number of carboxylic acids is 1. The maximum atomic E-state index is 13.5. The third kappa shape index (κ3) is 28.6. The highest BCUT2D eigenvalue weighted by atomic mass is 33.1. The zero-order valence-electron chi connectivity index (χ0n) is 54.2. The number of aromatic carboxylic acids is 1. The molecule has 3 aliphatic rings. The summed E-state index contributed by atoms with van der Waals surface area (Å²) < 4.78 is 91.5. The summed E-state index contributed by atoms with van der Waals surface area (Å²) in [5.41, 5.74) is 13.4. The maximum absolute atomic E-state index is 13.5. The number of aryl methyl sites for hydroxylation is 2. The van der Waals surface area contributed by atoms with Gasteiger partial charge in [-0.05, 0) is 113 Å². The largest absolute Gasteiger partial charge is 0.490 e. The Balaban J connectivity index is 0.907. The quantitative estimate of drug-likeness (QED) is 0.00178. The Morgan fingerprint density at radius 3 is 2.26 bits per heavy atom. The highest BCUT2D eigenvalue weighted by Crippen LogP contribution is 2.66. The fourth-order valence-corrected chi connectivity index (χ4v) is 14.2. The van der Waals surface area contributed by atoms with Gasteiger partial charge in [-0.25, -0.2) is 28.1 Å². The first kappa shape index (κ1) is 81.5. The van der Waals surface area contributed by atoms with Gasteiger partial charge in [-0.15, -0.1) is 0 Å². The molecule has 0 radical (unpaired) electrons. The van der Waals surface area contributed by atoms with Crippen LogP contribution >= 0.6 is 45.1 Å². The number of phosphoric ester groups is 1. The van der Waals surface area contributed by atoms with E-state index in [0.29, 0.717) is 78.3 Å². The van der Waals surface area contributed by atoms with E-state index in [2.05, 4.69) is 66.6 Å². The molecule has 11 N–H and O–H groups in total. The molecule has 1 saturated heterocycles. The third-order valence-electron chi connectivity index (χ3n) is 13.4. The van der Waals surface area contributed by atoms with Gasteiger partial charge >= 0.3 is 41.6 Å². The monoisotopic (exact) mass is 1470 g/mol. The van der Waals surface area contributed by atoms with Crippen LogP contribution in [-0.4, -0.2) is 182 Å². The Hall–Kier alpha value is -7.13. The molecule has 538 valence electrons. The topological polar surface area (TPSA) is 494 Å². The van der Waals surface area contributed by atoms with Crippen molar-refractivity contribution in [1.82, 2.24) is 26.6 Å². The summed E-state index contributed by atoms with van der Waals surface area (Å²) in [6.45, 7) is 13.1. The van der Waals surface area contributed by atoms with Crippen molar-refractivity contribution in [3.63, 3.8) is 0 Å². The second-order valence-corrected chi connectivity index (χ2v) is 28.7. The standard InChI is InChI=1S/C58H79N10O25P3S2/c1-7-60-45-29-47-43(26-37(45)3)52(44-27-38(4)46(61-8-2)30-48(44)90-47)42-28-39(13-14-41(42)55(72)73)53(70)62-17-22-83-24-25-84-23-18-64-57(75)87-21-15-58(5,6)98-97-36-85-19-9-10-20-86-56(74)63-16-11-12-40(54(71)66-34-69)32-65-51-31-49(88-35-67-68-59)50(91-51)33-89-95(79,80)93-96(81,82)92-94(76,77)78/h13-14,26-30,32,34,49-51,60,65H,7-10,15-25,31,33,35-36H2,1-6H3,(H,62,70)(H,63,74)(H,64,75)(H,72,73)(H,79,80)(H,81,82)(H,66,69,71)(H2,76,77,78)/b40-32-,61-46?/t49?,50-,51-/m1/s1. The van der Waals surface area contributed by atoms with Crippen LogP contribution in [0.3, 0.4) is 0 Å². The zero-order chi connectivity index (χ0) is 71.9. The molecule has 0 aromatic heterocycles. The molecule has 35 nitrogen and oxygen atoms in total. The Morgan fingerprint density at radius 1 is 0.847 bits per heavy atom. The van der Waals surface area contributed by atoms with E-state index in [1.807, 2.05) is 71.1 Å². The van der Waals surface area contributed by atoms with Crippen LogP contribution in [0, 0.1) is 25.7 Å². The van der Waals surface area contributed by atoms with E-state index in [-0.39, 0.29) is 93.6 Å². The van der Waals surface area contributed by atoms with Crippen molar-refractivity contribution in [2.24, 2.45) is 10.1 Å². The smallest absolute Gasteiger partial charge is 0.478 e. The number of carbonyl (C=O) groups excluding carboxylic acids is 5. The fourth-order valence-electron chi connectivity index (χ4n) is 8.94. The van der Waals surface area contributed by atoms with Crippen LogP contribution < -0.4 is 37.3 Å². The fraction of sp³-hybridized carbons (Fsp3) is 0.500. The number of fused-ring (bicyclic) bond motifs is 2. The summed E-state index contributed by atoms with van der Waals surface area (Å²) in [6.07, 6.45) is -2.31. The van der Waals surface area contributed by atoms with Gasteiger partial charge in [0.15, 0.2) is 0 Å². The molecule has 98 heavy (non-hydrogen) atoms. The van der Waals surface area contributed by atoms with Crippen LogP contribution in [0.2, 0.25) is 0 Å². The summed E-state index contributed by atoms with van der Waals surface area (Å²) in [7, 11) is -14.0. The van der Waals surface area contributed by atoms with Crippen LogP contribution in [0.4, 0.5) is 15.3 Å². The van der Waals surface area contributed by atoms with E-state index in [9.17, 15) is 57.4 Å². The molecule has 0 bridgehead atoms. The highest BCUT2D eigenvalue weighted by Gasteiger charge is 2.43. The lowest BCUT2D eigenvalue weighted by molar-refractivity contribution is -0.122. The average molecular weight is 1470 g/mol. The van der Waals surface area contributed by atoms with Gasteiger partial charge in [0.2, 0.25) is 6.41 Å². The first-order valence-corrected chi connectivity index (χ1v) is 37.0. The molecule has 0 saturated carbocycles. The minimum atomic E-state index is -5.82. The lowest BCUT2D eigenvalue weighted by atomic mass is 9.88. The number of carbonyl (C=O) groups is 6. The van der Waals surface area contributed by atoms with Crippen molar-refractivity contribution in [3.05, 3.63) is 92.3 Å². The van der Waals surface area contributed by atoms with E-state index in [4.69, 9.17) is 52.9 Å². The number of carboxylic acid groups (broad SMARTS) is 1. The van der Waals surface area contributed by atoms with Gasteiger partial charge in [-0.1, -0.05) is 38.5 Å². The lowest BCUT2D eigenvalue weighted by Crippen LogP contribution is -2.30. The first-order valence-electron chi connectivity index (χ1n) is 30.1. The van der Waals surface area contributed by atoms with Crippen molar-refractivity contribution in [1.29, 1.82) is 0 Å². The number of imide groups is 1. The van der Waals surface area contributed by atoms with Gasteiger partial charge in [-0.3, -0.25) is 29.2 Å². The number of hydrogen-bond donors (Lipinski definition) is 11. The minimum Gasteiger partial charge on any atom is -0.478 e. The second kappa shape index (κ2) is 40.8. The van der Waals surface area contributed by atoms with E-state index in [1.54, 1.807) is 16.9 Å². The number of hydrogen-bond acceptors (Lipinski definition) is 26. The average Bonchev–Trinajstić information content (AvgIpc) is 0.884. The maximum Gasteiger partial charge on any atom is 0.490 e. The number of phosphoric acid groups is 3. The van der Waals surface area contributed by atoms with Gasteiger partial charge < -0.3 is 88.8 Å². The van der Waals surface area contributed by atoms with E-state index >= 15 is 0 Å². The Bertz CT molecular complexity index is 3750. The number of anilines is 1. The Kier molecular flexibility index (Phi) is 34.0. The van der Waals surface area contributed by atoms with Gasteiger partial charge in [0.25, 0.3) is 11.8 Å². The van der Waals surface area contributed by atoms with Crippen molar-refractivity contribution in [3.8, 4) is 34.3 Å². The van der Waals surface area contributed by atoms with Crippen molar-refractivity contribution in [2.45, 2.75) is 90.4 Å². The highest BCUT2D eigenvalue weighted by molar-refractivity contribution is 8.77. The molecule has 5 atom stereocenters. The second-order valence-electron chi connectivity index (χ2n) is 21.3. The Morgan fingerprint density at radius 2 is 1.56 bits per heavy atom. The van der Waals surface area contributed by atoms with Crippen LogP contribution in [-0.2, 0) is 69.6 Å². The number of nitrogens with zero attached hydrogens (tertiary/aromatic N) is 4. The summed E-state index contributed by atoms with van der Waals surface area (Å²) >= 11 is 0. The molecule has 5 amide bonds. The third-order valence-corrected chi connectivity index (χ3v) is 20.2. The van der Waals surface area contributed by atoms with Crippen molar-refractivity contribution in [2.75, 3.05) is 104 Å². The summed E-state index contributed by atoms with van der Waals surface area (Å²) in [5.74, 6) is 3.32. The number of amides is 5. The van der Waals surface area contributed by atoms with Crippen molar-refractivity contribution < 1.29 is 118 Å². The molecule has 0 spiro atoms. The molecule has 5 rings (SSSR count). The van der Waals surface area contributed by atoms with Crippen LogP contribution in [0.5, 0.6) is 0 Å². The minimum absolute atomic E-state index is 0.0215. The predicted octanol–water partition coefficient (Wildman–Crippen LogP) is 7.25. The molecule has 1 fully saturated rings. The van der Waals surface area contributed by atoms with Gasteiger partial charge in [0, 0.05) is 95.0 Å². The molecule has 3 unspecified atom stereocenters. The SMILES string of the molecule is CCN=c1cc2oc3cc(NCC)c(C)cc3c(-c3cc(C(=O)NCCOCCOCCNC(=O)OCCC(C)(C)SSCOCCCCOC(=O)NCC#C/C(=C/N[C@H]4CC(OCN=[N+]=[N-])[C@@H](COP(=O)(O)OP(=O)(O)OP(=O)(O)O)O4)C(=O)NC=O)ccc3C(=O)O)c-2cc1C. The number of azide groups is 1. The van der Waals surface area contributed by atoms with E-state index in [1.165, 1.54) is 22.9 Å². The van der Waals surface area contributed by atoms with Crippen molar-refractivity contribution >= 4 is 98.1 Å². The molecule has 1 aliphatic carbocycles. The first-order chi connectivity index (χ1) is 46.6. The molecular formula is C58H79N10O25P3S2. The lowest BCUT2D eigenvalue weighted by Gasteiger charge is -2.22. The van der Waals surface area contributed by atoms with Crippen LogP contribution in [0.1, 0.15) is 85.2 Å². The van der Waals surface area contributed by atoms with E-state index < -0.39 is 85.2 Å². The molecule has 2 aromatic carbocycles. The molecule has 2 aliphatic heterocycles. The number of rotatable bonds is 42.